The molecule has 0 bridgehead atoms. The highest BCUT2D eigenvalue weighted by Gasteiger charge is 2.31. The number of amides is 2. The lowest BCUT2D eigenvalue weighted by atomic mass is 10.0. The molecule has 0 spiro atoms. The summed E-state index contributed by atoms with van der Waals surface area (Å²) in [5, 5.41) is 2.80. The summed E-state index contributed by atoms with van der Waals surface area (Å²) in [4.78, 5) is 30.3. The first kappa shape index (κ1) is 14.5. The zero-order valence-corrected chi connectivity index (χ0v) is 12.2. The molecule has 2 amide bonds. The molecule has 20 heavy (non-hydrogen) atoms. The summed E-state index contributed by atoms with van der Waals surface area (Å²) in [7, 11) is 0. The Labute approximate surface area is 119 Å². The zero-order chi connectivity index (χ0) is 14.7. The quantitative estimate of drug-likeness (QED) is 0.903. The van der Waals surface area contributed by atoms with Crippen LogP contribution < -0.4 is 5.32 Å². The molecule has 1 aromatic rings. The normalized spacial score (nSPS) is 20.0. The molecule has 108 valence electrons. The van der Waals surface area contributed by atoms with Gasteiger partial charge in [0.05, 0.1) is 12.2 Å². The Morgan fingerprint density at radius 1 is 1.40 bits per heavy atom. The lowest BCUT2D eigenvalue weighted by Crippen LogP contribution is -2.47. The van der Waals surface area contributed by atoms with Gasteiger partial charge in [0.25, 0.3) is 0 Å². The van der Waals surface area contributed by atoms with Crippen molar-refractivity contribution in [1.82, 2.24) is 15.2 Å². The van der Waals surface area contributed by atoms with E-state index in [4.69, 9.17) is 0 Å². The predicted molar refractivity (Wildman–Crippen MR) is 75.8 cm³/mol. The summed E-state index contributed by atoms with van der Waals surface area (Å²) in [5.41, 5.74) is 1.79. The average molecular weight is 275 g/mol. The fourth-order valence-corrected chi connectivity index (χ4v) is 2.34. The van der Waals surface area contributed by atoms with Gasteiger partial charge in [-0.3, -0.25) is 14.6 Å². The van der Waals surface area contributed by atoms with Crippen LogP contribution in [0.25, 0.3) is 0 Å². The van der Waals surface area contributed by atoms with E-state index in [-0.39, 0.29) is 17.7 Å². The monoisotopic (exact) mass is 275 g/mol. The van der Waals surface area contributed by atoms with Crippen LogP contribution in [0.15, 0.2) is 18.2 Å². The number of hydrogen-bond donors (Lipinski definition) is 1. The number of nitrogens with one attached hydrogen (secondary N) is 1. The second-order valence-electron chi connectivity index (χ2n) is 5.57. The Hall–Kier alpha value is -1.91. The Kier molecular flexibility index (Phi) is 4.37. The van der Waals surface area contributed by atoms with E-state index in [9.17, 15) is 9.59 Å². The average Bonchev–Trinajstić information content (AvgIpc) is 2.52. The van der Waals surface area contributed by atoms with Crippen molar-refractivity contribution in [2.45, 2.75) is 39.8 Å². The van der Waals surface area contributed by atoms with Crippen LogP contribution in [0.5, 0.6) is 0 Å². The van der Waals surface area contributed by atoms with Crippen molar-refractivity contribution in [1.29, 1.82) is 0 Å². The van der Waals surface area contributed by atoms with E-state index in [2.05, 4.69) is 10.3 Å². The topological polar surface area (TPSA) is 62.3 Å². The highest BCUT2D eigenvalue weighted by molar-refractivity contribution is 5.90. The number of hydrogen-bond acceptors (Lipinski definition) is 3. The largest absolute Gasteiger partial charge is 0.344 e. The van der Waals surface area contributed by atoms with E-state index in [1.165, 1.54) is 0 Å². The van der Waals surface area contributed by atoms with Crippen LogP contribution in [-0.2, 0) is 16.1 Å². The van der Waals surface area contributed by atoms with E-state index < -0.39 is 6.04 Å². The molecular weight excluding hydrogens is 254 g/mol. The smallest absolute Gasteiger partial charge is 0.245 e. The molecule has 0 radical (unpaired) electrons. The predicted octanol–water partition coefficient (Wildman–Crippen LogP) is 1.26. The van der Waals surface area contributed by atoms with Crippen LogP contribution in [0.4, 0.5) is 0 Å². The highest BCUT2D eigenvalue weighted by atomic mass is 16.2. The van der Waals surface area contributed by atoms with Gasteiger partial charge in [0.2, 0.25) is 11.8 Å². The minimum absolute atomic E-state index is 0.0193. The molecule has 1 saturated heterocycles. The maximum Gasteiger partial charge on any atom is 0.245 e. The van der Waals surface area contributed by atoms with Crippen LogP contribution in [0.3, 0.4) is 0 Å². The second kappa shape index (κ2) is 6.03. The molecule has 1 aliphatic rings. The maximum atomic E-state index is 12.5. The van der Waals surface area contributed by atoms with Gasteiger partial charge >= 0.3 is 0 Å². The number of aryl methyl sites for hydroxylation is 1. The molecule has 1 N–H and O–H groups in total. The lowest BCUT2D eigenvalue weighted by molar-refractivity contribution is -0.135. The number of carbonyl (C=O) groups excluding carboxylic acids is 2. The fourth-order valence-electron chi connectivity index (χ4n) is 2.34. The van der Waals surface area contributed by atoms with Gasteiger partial charge in [0.15, 0.2) is 0 Å². The standard InChI is InChI=1S/C15H21N3O2/c1-10(2)14-15(20)18(8-7-13(19)17-14)9-12-6-4-5-11(3)16-12/h4-6,10,14H,7-9H2,1-3H3,(H,17,19). The van der Waals surface area contributed by atoms with Gasteiger partial charge in [0.1, 0.15) is 6.04 Å². The van der Waals surface area contributed by atoms with Gasteiger partial charge in [0, 0.05) is 18.7 Å². The second-order valence-corrected chi connectivity index (χ2v) is 5.57. The maximum absolute atomic E-state index is 12.5. The zero-order valence-electron chi connectivity index (χ0n) is 12.2. The SMILES string of the molecule is Cc1cccc(CN2CCC(=O)NC(C(C)C)C2=O)n1. The third kappa shape index (κ3) is 3.35. The highest BCUT2D eigenvalue weighted by Crippen LogP contribution is 2.13. The lowest BCUT2D eigenvalue weighted by Gasteiger charge is -2.25. The van der Waals surface area contributed by atoms with Crippen LogP contribution in [0.1, 0.15) is 31.7 Å². The molecule has 0 saturated carbocycles. The first-order valence-electron chi connectivity index (χ1n) is 6.98. The number of carbonyl (C=O) groups is 2. The molecular formula is C15H21N3O2. The Balaban J connectivity index is 2.17. The third-order valence-electron chi connectivity index (χ3n) is 3.47. The molecule has 2 heterocycles. The van der Waals surface area contributed by atoms with Crippen molar-refractivity contribution in [3.8, 4) is 0 Å². The molecule has 0 aliphatic carbocycles. The Morgan fingerprint density at radius 3 is 2.80 bits per heavy atom. The van der Waals surface area contributed by atoms with Gasteiger partial charge in [-0.25, -0.2) is 0 Å². The number of aromatic nitrogens is 1. The van der Waals surface area contributed by atoms with E-state index in [1.807, 2.05) is 39.0 Å². The number of pyridine rings is 1. The first-order chi connectivity index (χ1) is 9.47. The number of nitrogens with zero attached hydrogens (tertiary/aromatic N) is 2. The summed E-state index contributed by atoms with van der Waals surface area (Å²) in [6, 6.07) is 5.33. The Bertz CT molecular complexity index is 514. The van der Waals surface area contributed by atoms with Crippen LogP contribution in [0.2, 0.25) is 0 Å². The van der Waals surface area contributed by atoms with E-state index >= 15 is 0 Å². The van der Waals surface area contributed by atoms with Crippen molar-refractivity contribution in [2.24, 2.45) is 5.92 Å². The van der Waals surface area contributed by atoms with Crippen molar-refractivity contribution in [2.75, 3.05) is 6.54 Å². The number of rotatable bonds is 3. The Morgan fingerprint density at radius 2 is 2.15 bits per heavy atom. The van der Waals surface area contributed by atoms with Crippen LogP contribution in [0, 0.1) is 12.8 Å². The fraction of sp³-hybridized carbons (Fsp3) is 0.533. The molecule has 1 aliphatic heterocycles. The van der Waals surface area contributed by atoms with E-state index in [0.29, 0.717) is 19.5 Å². The minimum atomic E-state index is -0.435. The molecule has 1 fully saturated rings. The molecule has 1 atom stereocenters. The van der Waals surface area contributed by atoms with Gasteiger partial charge < -0.3 is 10.2 Å². The third-order valence-corrected chi connectivity index (χ3v) is 3.47. The van der Waals surface area contributed by atoms with Crippen molar-refractivity contribution >= 4 is 11.8 Å². The summed E-state index contributed by atoms with van der Waals surface area (Å²) < 4.78 is 0. The van der Waals surface area contributed by atoms with Gasteiger partial charge in [-0.2, -0.15) is 0 Å². The van der Waals surface area contributed by atoms with E-state index in [1.54, 1.807) is 4.90 Å². The van der Waals surface area contributed by atoms with Crippen molar-refractivity contribution in [3.05, 3.63) is 29.6 Å². The van der Waals surface area contributed by atoms with Crippen molar-refractivity contribution in [3.63, 3.8) is 0 Å². The van der Waals surface area contributed by atoms with Gasteiger partial charge in [-0.05, 0) is 25.0 Å². The summed E-state index contributed by atoms with van der Waals surface area (Å²) in [5.74, 6) is 0.00317. The summed E-state index contributed by atoms with van der Waals surface area (Å²) in [6.07, 6.45) is 0.348. The molecule has 5 heteroatoms. The van der Waals surface area contributed by atoms with Crippen LogP contribution in [-0.4, -0.2) is 34.3 Å². The van der Waals surface area contributed by atoms with Gasteiger partial charge in [-0.15, -0.1) is 0 Å². The summed E-state index contributed by atoms with van der Waals surface area (Å²) in [6.45, 7) is 6.71. The molecule has 1 unspecified atom stereocenters. The summed E-state index contributed by atoms with van der Waals surface area (Å²) >= 11 is 0. The minimum Gasteiger partial charge on any atom is -0.344 e. The van der Waals surface area contributed by atoms with Crippen molar-refractivity contribution < 1.29 is 9.59 Å². The van der Waals surface area contributed by atoms with Gasteiger partial charge in [-0.1, -0.05) is 19.9 Å². The molecule has 5 nitrogen and oxygen atoms in total. The molecule has 2 rings (SSSR count). The first-order valence-corrected chi connectivity index (χ1v) is 6.98. The van der Waals surface area contributed by atoms with Crippen LogP contribution >= 0.6 is 0 Å². The van der Waals surface area contributed by atoms with E-state index in [0.717, 1.165) is 11.4 Å². The molecule has 1 aromatic heterocycles. The molecule has 0 aromatic carbocycles.